The number of H-pyrrole nitrogens is 1. The van der Waals surface area contributed by atoms with E-state index in [0.717, 1.165) is 69.1 Å². The lowest BCUT2D eigenvalue weighted by Crippen LogP contribution is -2.48. The van der Waals surface area contributed by atoms with Gasteiger partial charge in [0.2, 0.25) is 35.3 Å². The number of rotatable bonds is 24. The van der Waals surface area contributed by atoms with Crippen molar-refractivity contribution >= 4 is 86.7 Å². The van der Waals surface area contributed by atoms with Gasteiger partial charge in [0, 0.05) is 63.6 Å². The number of fused-ring (bicyclic) bond motifs is 3. The zero-order chi connectivity index (χ0) is 93.0. The van der Waals surface area contributed by atoms with Crippen molar-refractivity contribution in [2.45, 2.75) is 154 Å². The number of aromatic nitrogens is 11. The van der Waals surface area contributed by atoms with Crippen molar-refractivity contribution in [2.24, 2.45) is 0 Å². The van der Waals surface area contributed by atoms with E-state index in [1.807, 2.05) is 32.6 Å². The van der Waals surface area contributed by atoms with Crippen LogP contribution in [0.25, 0.3) is 55.8 Å². The number of nitrogen functional groups attached to an aromatic ring is 1. The molecule has 0 unspecified atom stereocenters. The maximum Gasteiger partial charge on any atom is 0.534 e. The minimum atomic E-state index is -6.43. The summed E-state index contributed by atoms with van der Waals surface area (Å²) in [5, 5.41) is 26.9. The van der Waals surface area contributed by atoms with Crippen LogP contribution >= 0.6 is 0 Å². The number of carbonyl (C=O) groups excluding carboxylic acids is 2. The summed E-state index contributed by atoms with van der Waals surface area (Å²) >= 11 is 0. The standard InChI is InChI=1S/C27H33F4N5O5S.C17H12F7N3O7S2.C15H14FN3O3.C12H14FN3O.C6H10O3/c1-17(2)40-26-24-22(35-12-8-19(9-13-35)34-14-10-21(39-3)11-15-34)16-23(41-42(37,38)27(29,30)31)32-25(24)36(33-26)20-6-4-18(28)5-7-20;1-8(2)32-15-13-11(33-35(28,29)16(19,20)21)7-12(34-36(30,31)17(22,23)24)25-14(13)27(26-15)10-5-3-9(18)4-6-10;1-8(2)22-15-13-11(20)7-12(21)17-14(13)19(18-15)10-5-3-9(16)4-6-10;1-8(2)17-12-7-11(14)16(15-12)10-5-3-9(13)4-6-10;1-3-9-6(8)4-5(2)7/h4-7,16-17,19,21H,8-15H2,1-3H3;3-8H,1-2H3;3-8H,1-2H3,(H2,17,20,21);3-8H,14H2,1-2H3;3-4H2,1-2H3. The number of pyridine rings is 3. The molecule has 2 aliphatic heterocycles. The summed E-state index contributed by atoms with van der Waals surface area (Å²) in [7, 11) is -17.1. The number of Topliss-reactive ketones (excluding diaryl/α,β-unsaturated/α-hetero) is 1. The number of hydrogen-bond acceptors (Lipinski definition) is 28. The summed E-state index contributed by atoms with van der Waals surface area (Å²) in [5.74, 6) is -5.72. The van der Waals surface area contributed by atoms with E-state index in [1.165, 1.54) is 102 Å². The van der Waals surface area contributed by atoms with Gasteiger partial charge in [-0.05, 0) is 192 Å². The van der Waals surface area contributed by atoms with Crippen molar-refractivity contribution in [3.8, 4) is 69.5 Å². The molecular weight excluding hydrogens is 1770 g/mol. The number of methoxy groups -OCH3 is 1. The van der Waals surface area contributed by atoms with Crippen molar-refractivity contribution in [3.05, 3.63) is 155 Å². The van der Waals surface area contributed by atoms with E-state index in [1.54, 1.807) is 46.1 Å². The van der Waals surface area contributed by atoms with Gasteiger partial charge in [0.1, 0.15) is 63.2 Å². The first-order valence-electron chi connectivity index (χ1n) is 37.8. The molecule has 13 rings (SSSR count). The largest absolute Gasteiger partial charge is 0.534 e. The number of aromatic hydroxyl groups is 1. The second-order valence-corrected chi connectivity index (χ2v) is 33.1. The molecule has 49 heteroatoms. The van der Waals surface area contributed by atoms with Crippen LogP contribution < -0.4 is 47.7 Å². The fourth-order valence-electron chi connectivity index (χ4n) is 12.1. The van der Waals surface area contributed by atoms with Crippen LogP contribution in [0.5, 0.6) is 46.8 Å². The number of halogens is 13. The maximum atomic E-state index is 13.7. The minimum absolute atomic E-state index is 0.00546. The van der Waals surface area contributed by atoms with Crippen LogP contribution in [0, 0.1) is 23.3 Å². The van der Waals surface area contributed by atoms with E-state index in [9.17, 15) is 102 Å². The lowest BCUT2D eigenvalue weighted by atomic mass is 9.98. The molecule has 0 amide bonds. The highest BCUT2D eigenvalue weighted by Gasteiger charge is 2.52. The molecule has 0 aliphatic carbocycles. The molecule has 0 spiro atoms. The molecule has 4 N–H and O–H groups in total. The molecule has 9 heterocycles. The summed E-state index contributed by atoms with van der Waals surface area (Å²) < 4.78 is 290. The molecule has 0 atom stereocenters. The number of nitrogens with two attached hydrogens (primary N) is 1. The topological polar surface area (TPSA) is 402 Å². The SMILES string of the molecule is CC(C)Oc1cc(N)n(-c2ccc(F)cc2)n1.CC(C)Oc1nn(-c2ccc(F)cc2)c2[nH]c(=O)cc(O)c12.CC(C)Oc1nn(-c2ccc(F)cc2)c2nc(OS(=O)(=O)C(F)(F)F)cc(OS(=O)(=O)C(F)(F)F)c12.CCOC(=O)CC(C)=O.COC1CCN(C2CCN(c3cc(OS(=O)(=O)C(F)(F)F)nc4c3c(OC(C)C)nn4-c3ccc(F)cc3)CC2)CC1. The highest BCUT2D eigenvalue weighted by molar-refractivity contribution is 7.88. The first kappa shape index (κ1) is 97.6. The normalized spacial score (nSPS) is 13.9. The Morgan fingerprint density at radius 1 is 0.508 bits per heavy atom. The first-order chi connectivity index (χ1) is 58.9. The first-order valence-corrected chi connectivity index (χ1v) is 42.1. The molecule has 0 saturated carbocycles. The summed E-state index contributed by atoms with van der Waals surface area (Å²) in [6, 6.07) is 25.0. The third-order valence-electron chi connectivity index (χ3n) is 17.4. The monoisotopic (exact) mass is 1850 g/mol. The van der Waals surface area contributed by atoms with Crippen molar-refractivity contribution in [3.63, 3.8) is 0 Å². The third kappa shape index (κ3) is 24.9. The summed E-state index contributed by atoms with van der Waals surface area (Å²) in [5.41, 5.74) is -10.9. The Hall–Kier alpha value is -12.3. The predicted molar refractivity (Wildman–Crippen MR) is 428 cm³/mol. The minimum Gasteiger partial charge on any atom is -0.507 e. The number of nitrogens with zero attached hydrogens (tertiary/aromatic N) is 12. The van der Waals surface area contributed by atoms with Gasteiger partial charge in [-0.2, -0.15) is 74.7 Å². The number of ether oxygens (including phenoxy) is 6. The fraction of sp³-hybridized carbons (Fsp3) is 0.390. The van der Waals surface area contributed by atoms with Gasteiger partial charge in [-0.3, -0.25) is 14.4 Å². The number of likely N-dealkylation sites (tertiary alicyclic amines) is 1. The van der Waals surface area contributed by atoms with Gasteiger partial charge in [0.05, 0.1) is 65.6 Å². The van der Waals surface area contributed by atoms with E-state index < -0.39 is 111 Å². The average molecular weight is 1850 g/mol. The van der Waals surface area contributed by atoms with Crippen LogP contribution in [0.1, 0.15) is 101 Å². The molecule has 11 aromatic rings. The number of aromatic amines is 1. The second-order valence-electron chi connectivity index (χ2n) is 28.4. The van der Waals surface area contributed by atoms with Gasteiger partial charge in [-0.25, -0.2) is 36.3 Å². The van der Waals surface area contributed by atoms with Crippen molar-refractivity contribution in [1.82, 2.24) is 59.0 Å². The molecule has 2 aliphatic rings. The second kappa shape index (κ2) is 40.4. The van der Waals surface area contributed by atoms with Crippen LogP contribution in [0.15, 0.2) is 126 Å². The highest BCUT2D eigenvalue weighted by atomic mass is 32.2. The maximum absolute atomic E-state index is 13.7. The summed E-state index contributed by atoms with van der Waals surface area (Å²) in [6.45, 7) is 20.3. The zero-order valence-electron chi connectivity index (χ0n) is 68.5. The van der Waals surface area contributed by atoms with Crippen LogP contribution in [-0.2, 0) is 49.4 Å². The van der Waals surface area contributed by atoms with Gasteiger partial charge in [-0.1, -0.05) is 0 Å². The van der Waals surface area contributed by atoms with Crippen LogP contribution in [0.2, 0.25) is 0 Å². The molecule has 684 valence electrons. The van der Waals surface area contributed by atoms with Crippen molar-refractivity contribution < 1.29 is 138 Å². The average Bonchev–Trinajstić information content (AvgIpc) is 1.59. The van der Waals surface area contributed by atoms with E-state index in [-0.39, 0.29) is 88.8 Å². The molecule has 0 bridgehead atoms. The Morgan fingerprint density at radius 2 is 0.897 bits per heavy atom. The van der Waals surface area contributed by atoms with Crippen LogP contribution in [0.4, 0.5) is 68.6 Å². The Bertz CT molecular complexity index is 6040. The van der Waals surface area contributed by atoms with E-state index in [2.05, 4.69) is 57.5 Å². The zero-order valence-corrected chi connectivity index (χ0v) is 70.9. The summed E-state index contributed by atoms with van der Waals surface area (Å²) in [4.78, 5) is 46.9. The van der Waals surface area contributed by atoms with Gasteiger partial charge in [-0.15, -0.1) is 20.4 Å². The van der Waals surface area contributed by atoms with E-state index in [4.69, 9.17) is 29.4 Å². The number of carbonyl (C=O) groups is 2. The van der Waals surface area contributed by atoms with Gasteiger partial charge in [0.15, 0.2) is 22.7 Å². The lowest BCUT2D eigenvalue weighted by molar-refractivity contribution is -0.145. The van der Waals surface area contributed by atoms with Crippen LogP contribution in [-0.4, -0.2) is 194 Å². The van der Waals surface area contributed by atoms with Crippen molar-refractivity contribution in [1.29, 1.82) is 0 Å². The Kier molecular flexibility index (Phi) is 31.3. The van der Waals surface area contributed by atoms with Gasteiger partial charge >= 0.3 is 52.8 Å². The molecule has 7 aromatic heterocycles. The van der Waals surface area contributed by atoms with Gasteiger partial charge < -0.3 is 66.6 Å². The third-order valence-corrected chi connectivity index (χ3v) is 20.3. The lowest BCUT2D eigenvalue weighted by Gasteiger charge is -2.42. The molecule has 4 aromatic carbocycles. The molecule has 2 saturated heterocycles. The fourth-order valence-corrected chi connectivity index (χ4v) is 13.4. The van der Waals surface area contributed by atoms with Gasteiger partial charge in [0.25, 0.3) is 5.56 Å². The molecule has 33 nitrogen and oxygen atoms in total. The number of piperidine rings is 2. The van der Waals surface area contributed by atoms with Crippen LogP contribution in [0.3, 0.4) is 0 Å². The molecule has 0 radical (unpaired) electrons. The highest BCUT2D eigenvalue weighted by Crippen LogP contribution is 2.44. The Balaban J connectivity index is 0.000000192. The molecule has 2 fully saturated rings. The molecule has 126 heavy (non-hydrogen) atoms. The van der Waals surface area contributed by atoms with Crippen molar-refractivity contribution in [2.75, 3.05) is 50.5 Å². The number of nitrogens with one attached hydrogen (secondary N) is 1. The Morgan fingerprint density at radius 3 is 1.31 bits per heavy atom. The Labute approximate surface area is 709 Å². The number of benzene rings is 4. The summed E-state index contributed by atoms with van der Waals surface area (Å²) in [6.07, 6.45) is 2.44. The number of esters is 1. The number of hydrogen-bond donors (Lipinski definition) is 3. The predicted octanol–water partition coefficient (Wildman–Crippen LogP) is 13.7. The number of anilines is 2. The van der Waals surface area contributed by atoms with E-state index >= 15 is 0 Å². The van der Waals surface area contributed by atoms with E-state index in [0.29, 0.717) is 75.6 Å². The smallest absolute Gasteiger partial charge is 0.507 e. The number of alkyl halides is 9. The quantitative estimate of drug-likeness (QED) is 0.0166. The number of ketones is 1. The molecular formula is C77H83F13N14O19S3.